The second kappa shape index (κ2) is 14.5. The van der Waals surface area contributed by atoms with Gasteiger partial charge in [-0.15, -0.1) is 47.5 Å². The molecule has 0 saturated heterocycles. The Hall–Kier alpha value is -4.97. The van der Waals surface area contributed by atoms with Crippen molar-refractivity contribution >= 4 is 5.97 Å². The monoisotopic (exact) mass is 838 g/mol. The van der Waals surface area contributed by atoms with Crippen LogP contribution in [0, 0.1) is 12.1 Å². The number of hydrogen-bond donors (Lipinski definition) is 1. The van der Waals surface area contributed by atoms with Crippen LogP contribution in [-0.2, 0) is 36.4 Å². The van der Waals surface area contributed by atoms with Crippen LogP contribution >= 0.6 is 0 Å². The van der Waals surface area contributed by atoms with Crippen molar-refractivity contribution < 1.29 is 34.7 Å². The zero-order valence-corrected chi connectivity index (χ0v) is 31.4. The Kier molecular flexibility index (Phi) is 10.5. The van der Waals surface area contributed by atoms with Gasteiger partial charge in [0.15, 0.2) is 0 Å². The maximum atomic E-state index is 10.1. The minimum atomic E-state index is -0.990. The predicted molar refractivity (Wildman–Crippen MR) is 192 cm³/mol. The quantitative estimate of drug-likeness (QED) is 0.178. The zero-order chi connectivity index (χ0) is 34.8. The van der Waals surface area contributed by atoms with Crippen LogP contribution in [0.1, 0.15) is 85.7 Å². The van der Waals surface area contributed by atoms with Crippen LogP contribution in [0.4, 0.5) is 0 Å². The molecule has 4 heterocycles. The number of ether oxygens (including phenoxy) is 1. The minimum absolute atomic E-state index is 0. The van der Waals surface area contributed by atoms with Gasteiger partial charge < -0.3 is 9.84 Å². The van der Waals surface area contributed by atoms with Crippen molar-refractivity contribution in [3.8, 4) is 22.8 Å². The van der Waals surface area contributed by atoms with Crippen molar-refractivity contribution in [1.29, 1.82) is 0 Å². The molecule has 0 fully saturated rings. The van der Waals surface area contributed by atoms with Crippen LogP contribution in [0.3, 0.4) is 0 Å². The molecule has 7 heteroatoms. The number of rotatable bonds is 4. The summed E-state index contributed by atoms with van der Waals surface area (Å²) in [5.41, 5.74) is 7.01. The molecule has 0 spiro atoms. The molecular weight excluding hydrogens is 799 g/mol. The predicted octanol–water partition coefficient (Wildman–Crippen LogP) is 9.60. The first-order valence-electron chi connectivity index (χ1n) is 16.3. The average Bonchev–Trinajstić information content (AvgIpc) is 3.11. The molecule has 255 valence electrons. The molecule has 0 amide bonds. The van der Waals surface area contributed by atoms with E-state index in [-0.39, 0.29) is 36.6 Å². The third kappa shape index (κ3) is 7.16. The molecule has 0 aliphatic carbocycles. The Morgan fingerprint density at radius 2 is 1.40 bits per heavy atom. The van der Waals surface area contributed by atoms with Crippen LogP contribution in [0.2, 0.25) is 0 Å². The van der Waals surface area contributed by atoms with E-state index in [1.54, 1.807) is 12.1 Å². The van der Waals surface area contributed by atoms with Gasteiger partial charge >= 0.3 is 5.97 Å². The third-order valence-electron chi connectivity index (χ3n) is 8.67. The van der Waals surface area contributed by atoms with Gasteiger partial charge in [0.1, 0.15) is 11.4 Å². The van der Waals surface area contributed by atoms with Crippen molar-refractivity contribution in [1.82, 2.24) is 15.0 Å². The Balaban J connectivity index is 0.000000425. The zero-order valence-electron chi connectivity index (χ0n) is 29.0. The first kappa shape index (κ1) is 36.3. The molecule has 1 aliphatic heterocycles. The molecule has 3 aromatic heterocycles. The largest absolute Gasteiger partial charge is 0.516 e. The fourth-order valence-electron chi connectivity index (χ4n) is 6.00. The molecule has 1 N–H and O–H groups in total. The van der Waals surface area contributed by atoms with E-state index in [9.17, 15) is 4.79 Å². The first-order valence-corrected chi connectivity index (χ1v) is 16.3. The Morgan fingerprint density at radius 3 is 2.00 bits per heavy atom. The molecule has 1 radical (unpaired) electrons. The van der Waals surface area contributed by atoms with Gasteiger partial charge in [-0.3, -0.25) is 9.97 Å². The summed E-state index contributed by atoms with van der Waals surface area (Å²) in [6, 6.07) is 42.9. The van der Waals surface area contributed by atoms with Crippen molar-refractivity contribution in [2.45, 2.75) is 57.8 Å². The maximum absolute atomic E-state index is 10.1. The molecule has 1 atom stereocenters. The smallest absolute Gasteiger partial charge is 0.354 e. The van der Waals surface area contributed by atoms with Crippen molar-refractivity contribution in [2.75, 3.05) is 0 Å². The molecule has 3 aromatic carbocycles. The van der Waals surface area contributed by atoms with E-state index in [2.05, 4.69) is 107 Å². The number of pyridine rings is 3. The van der Waals surface area contributed by atoms with Crippen LogP contribution < -0.4 is 4.74 Å². The fraction of sp³-hybridized carbons (Fsp3) is 0.209. The van der Waals surface area contributed by atoms with Crippen LogP contribution in [0.15, 0.2) is 122 Å². The van der Waals surface area contributed by atoms with Gasteiger partial charge in [-0.1, -0.05) is 88.9 Å². The van der Waals surface area contributed by atoms with Crippen LogP contribution in [0.5, 0.6) is 11.5 Å². The summed E-state index contributed by atoms with van der Waals surface area (Å²) < 4.78 is 6.77. The Labute approximate surface area is 308 Å². The summed E-state index contributed by atoms with van der Waals surface area (Å²) >= 11 is 0. The second-order valence-corrected chi connectivity index (χ2v) is 14.1. The number of nitrogens with zero attached hydrogens (tertiary/aromatic N) is 3. The number of carbonyl (C=O) groups is 1. The molecule has 50 heavy (non-hydrogen) atoms. The number of carboxylic acid groups (broad SMARTS) is 1. The summed E-state index contributed by atoms with van der Waals surface area (Å²) in [6.07, 6.45) is 3.30. The number of fused-ring (bicyclic) bond motifs is 2. The molecule has 0 saturated carbocycles. The van der Waals surface area contributed by atoms with Gasteiger partial charge in [-0.05, 0) is 53.1 Å². The van der Waals surface area contributed by atoms with Gasteiger partial charge in [0.2, 0.25) is 0 Å². The number of carboxylic acids is 1. The standard InChI is InChI=1S/C37H34N2O.C6H5NO2.Ir/c1-35(2,3)26-18-20-28-31(23-26)40-32-24-27(36(4,5)6)19-21-29(32)37(28,33-16-10-11-22-38-33)34-17-12-15-30(39-34)25-13-8-7-9-14-25;8-6(9)5-3-1-2-4-7-5;/h7-13,15-20,22-24H,1-6H3;1-4H,(H,8,9);/q-2;;/t37-;;/m0../s1. The summed E-state index contributed by atoms with van der Waals surface area (Å²) in [6.45, 7) is 13.3. The summed E-state index contributed by atoms with van der Waals surface area (Å²) in [4.78, 5) is 24.0. The molecule has 0 bridgehead atoms. The maximum Gasteiger partial charge on any atom is 0.354 e. The van der Waals surface area contributed by atoms with Gasteiger partial charge in [0.05, 0.1) is 11.1 Å². The first-order chi connectivity index (χ1) is 23.4. The second-order valence-electron chi connectivity index (χ2n) is 14.1. The van der Waals surface area contributed by atoms with E-state index >= 15 is 0 Å². The van der Waals surface area contributed by atoms with E-state index < -0.39 is 11.4 Å². The molecule has 1 aliphatic rings. The Morgan fingerprint density at radius 1 is 0.720 bits per heavy atom. The van der Waals surface area contributed by atoms with Crippen molar-refractivity contribution in [3.05, 3.63) is 173 Å². The number of aromatic nitrogens is 3. The van der Waals surface area contributed by atoms with Crippen LogP contribution in [-0.4, -0.2) is 26.0 Å². The van der Waals surface area contributed by atoms with E-state index in [1.807, 2.05) is 48.7 Å². The number of aromatic carboxylic acids is 1. The SMILES string of the molecule is CC(C)(C)c1c[c-]c2c(c1)Oc1cc(C(C)(C)C)ccc1[C@]2(c1ccccn1)c1cccc(-c2[c-]cccc2)n1.O=C(O)c1ccccn1.[Ir]. The van der Waals surface area contributed by atoms with Crippen LogP contribution in [0.25, 0.3) is 11.3 Å². The summed E-state index contributed by atoms with van der Waals surface area (Å²) in [5, 5.41) is 8.32. The third-order valence-corrected chi connectivity index (χ3v) is 8.67. The topological polar surface area (TPSA) is 85.2 Å². The van der Waals surface area contributed by atoms with Crippen molar-refractivity contribution in [3.63, 3.8) is 0 Å². The average molecular weight is 838 g/mol. The van der Waals surface area contributed by atoms with E-state index in [1.165, 1.54) is 17.8 Å². The molecule has 7 rings (SSSR count). The minimum Gasteiger partial charge on any atom is -0.516 e. The molecule has 6 aromatic rings. The molecule has 0 unspecified atom stereocenters. The van der Waals surface area contributed by atoms with Gasteiger partial charge in [0, 0.05) is 49.5 Å². The van der Waals surface area contributed by atoms with Crippen molar-refractivity contribution in [2.24, 2.45) is 0 Å². The summed E-state index contributed by atoms with van der Waals surface area (Å²) in [5.74, 6) is 0.620. The van der Waals surface area contributed by atoms with E-state index in [0.717, 1.165) is 50.8 Å². The van der Waals surface area contributed by atoms with Gasteiger partial charge in [-0.2, -0.15) is 12.1 Å². The van der Waals surface area contributed by atoms with E-state index in [0.29, 0.717) is 0 Å². The molecular formula is C43H39IrN3O3-2. The fourth-order valence-corrected chi connectivity index (χ4v) is 6.00. The Bertz CT molecular complexity index is 2030. The normalized spacial score (nSPS) is 14.8. The number of hydrogen-bond acceptors (Lipinski definition) is 5. The molecule has 6 nitrogen and oxygen atoms in total. The number of benzene rings is 3. The van der Waals surface area contributed by atoms with Gasteiger partial charge in [0.25, 0.3) is 0 Å². The van der Waals surface area contributed by atoms with E-state index in [4.69, 9.17) is 19.8 Å². The summed E-state index contributed by atoms with van der Waals surface area (Å²) in [7, 11) is 0. The van der Waals surface area contributed by atoms with Gasteiger partial charge in [-0.25, -0.2) is 9.78 Å².